The molecule has 13 heteroatoms. The SMILES string of the molecule is CCOC(=O)c1c(NC(=O)c2ccn(COc3cc(F)ccc3[N+](=O)[O-])n2)sc(C(C)=O)c1C. The third-order valence-electron chi connectivity index (χ3n) is 4.52. The highest BCUT2D eigenvalue weighted by molar-refractivity contribution is 7.18. The van der Waals surface area contributed by atoms with E-state index in [1.54, 1.807) is 13.8 Å². The Kier molecular flexibility index (Phi) is 7.36. The van der Waals surface area contributed by atoms with Gasteiger partial charge in [0.05, 0.1) is 22.0 Å². The van der Waals surface area contributed by atoms with E-state index in [4.69, 9.17) is 9.47 Å². The van der Waals surface area contributed by atoms with Crippen LogP contribution in [-0.4, -0.2) is 39.0 Å². The number of carbonyl (C=O) groups excluding carboxylic acids is 3. The highest BCUT2D eigenvalue weighted by atomic mass is 32.1. The Hall–Kier alpha value is -4.13. The number of ether oxygens (including phenoxy) is 2. The van der Waals surface area contributed by atoms with E-state index in [1.807, 2.05) is 0 Å². The van der Waals surface area contributed by atoms with Crippen LogP contribution in [0, 0.1) is 22.9 Å². The van der Waals surface area contributed by atoms with Crippen molar-refractivity contribution in [1.82, 2.24) is 9.78 Å². The summed E-state index contributed by atoms with van der Waals surface area (Å²) in [5.41, 5.74) is 0.0170. The second-order valence-electron chi connectivity index (χ2n) is 6.87. The maximum Gasteiger partial charge on any atom is 0.341 e. The van der Waals surface area contributed by atoms with Crippen molar-refractivity contribution in [2.45, 2.75) is 27.5 Å². The van der Waals surface area contributed by atoms with E-state index in [-0.39, 0.29) is 41.1 Å². The first kappa shape index (κ1) is 24.5. The van der Waals surface area contributed by atoms with Crippen LogP contribution in [0.25, 0.3) is 0 Å². The van der Waals surface area contributed by atoms with Gasteiger partial charge in [0.25, 0.3) is 5.91 Å². The number of rotatable bonds is 9. The summed E-state index contributed by atoms with van der Waals surface area (Å²) < 4.78 is 24.9. The maximum atomic E-state index is 13.4. The van der Waals surface area contributed by atoms with E-state index in [0.717, 1.165) is 29.5 Å². The maximum absolute atomic E-state index is 13.4. The van der Waals surface area contributed by atoms with Crippen molar-refractivity contribution in [2.75, 3.05) is 11.9 Å². The number of nitrogens with one attached hydrogen (secondary N) is 1. The van der Waals surface area contributed by atoms with Crippen LogP contribution in [0.1, 0.15) is 49.9 Å². The normalized spacial score (nSPS) is 10.6. The molecule has 0 aliphatic rings. The number of halogens is 1. The van der Waals surface area contributed by atoms with Crippen LogP contribution in [-0.2, 0) is 11.5 Å². The monoisotopic (exact) mass is 490 g/mol. The van der Waals surface area contributed by atoms with E-state index in [9.17, 15) is 28.9 Å². The average molecular weight is 490 g/mol. The van der Waals surface area contributed by atoms with Gasteiger partial charge in [-0.2, -0.15) is 5.10 Å². The van der Waals surface area contributed by atoms with Crippen molar-refractivity contribution in [2.24, 2.45) is 0 Å². The van der Waals surface area contributed by atoms with Gasteiger partial charge in [-0.25, -0.2) is 13.9 Å². The predicted molar refractivity (Wildman–Crippen MR) is 119 cm³/mol. The van der Waals surface area contributed by atoms with Crippen molar-refractivity contribution >= 4 is 39.7 Å². The molecule has 0 radical (unpaired) electrons. The molecule has 3 aromatic rings. The molecular weight excluding hydrogens is 471 g/mol. The number of amides is 1. The number of ketones is 1. The number of carbonyl (C=O) groups is 3. The Bertz CT molecular complexity index is 1280. The lowest BCUT2D eigenvalue weighted by atomic mass is 10.1. The molecule has 0 aliphatic heterocycles. The Labute approximate surface area is 196 Å². The first-order chi connectivity index (χ1) is 16.1. The largest absolute Gasteiger partial charge is 0.464 e. The molecule has 0 aliphatic carbocycles. The quantitative estimate of drug-likeness (QED) is 0.205. The smallest absolute Gasteiger partial charge is 0.341 e. The molecule has 2 heterocycles. The van der Waals surface area contributed by atoms with Gasteiger partial charge < -0.3 is 14.8 Å². The Balaban J connectivity index is 1.77. The van der Waals surface area contributed by atoms with Crippen molar-refractivity contribution in [3.8, 4) is 5.75 Å². The summed E-state index contributed by atoms with van der Waals surface area (Å²) >= 11 is 0.950. The molecule has 0 unspecified atom stereocenters. The van der Waals surface area contributed by atoms with Gasteiger partial charge in [0.1, 0.15) is 10.8 Å². The lowest BCUT2D eigenvalue weighted by Gasteiger charge is -2.07. The highest BCUT2D eigenvalue weighted by Crippen LogP contribution is 2.34. The summed E-state index contributed by atoms with van der Waals surface area (Å²) in [6.45, 7) is 4.36. The van der Waals surface area contributed by atoms with Crippen LogP contribution in [0.15, 0.2) is 30.5 Å². The fraction of sp³-hybridized carbons (Fsp3) is 0.238. The summed E-state index contributed by atoms with van der Waals surface area (Å²) in [5, 5.41) is 17.8. The van der Waals surface area contributed by atoms with Crippen LogP contribution in [0.5, 0.6) is 5.75 Å². The van der Waals surface area contributed by atoms with Crippen molar-refractivity contribution < 1.29 is 33.2 Å². The fourth-order valence-corrected chi connectivity index (χ4v) is 4.08. The number of hydrogen-bond donors (Lipinski definition) is 1. The molecule has 34 heavy (non-hydrogen) atoms. The fourth-order valence-electron chi connectivity index (χ4n) is 3.00. The third kappa shape index (κ3) is 5.26. The number of anilines is 1. The van der Waals surface area contributed by atoms with Crippen LogP contribution in [0.4, 0.5) is 15.1 Å². The van der Waals surface area contributed by atoms with Gasteiger partial charge in [-0.3, -0.25) is 19.7 Å². The zero-order valence-electron chi connectivity index (χ0n) is 18.3. The minimum absolute atomic E-state index is 0.0532. The highest BCUT2D eigenvalue weighted by Gasteiger charge is 2.26. The number of aromatic nitrogens is 2. The third-order valence-corrected chi connectivity index (χ3v) is 5.83. The summed E-state index contributed by atoms with van der Waals surface area (Å²) in [6.07, 6.45) is 1.38. The van der Waals surface area contributed by atoms with Crippen LogP contribution < -0.4 is 10.1 Å². The van der Waals surface area contributed by atoms with Gasteiger partial charge in [-0.05, 0) is 38.5 Å². The number of nitrogens with zero attached hydrogens (tertiary/aromatic N) is 3. The van der Waals surface area contributed by atoms with Crippen LogP contribution in [0.2, 0.25) is 0 Å². The molecule has 0 bridgehead atoms. The molecule has 178 valence electrons. The lowest BCUT2D eigenvalue weighted by molar-refractivity contribution is -0.386. The number of Topliss-reactive ketones (excluding diaryl/α,β-unsaturated/α-hetero) is 1. The van der Waals surface area contributed by atoms with Crippen molar-refractivity contribution in [3.05, 3.63) is 68.1 Å². The molecule has 0 saturated heterocycles. The molecule has 0 spiro atoms. The number of nitro groups is 1. The molecule has 0 saturated carbocycles. The summed E-state index contributed by atoms with van der Waals surface area (Å²) in [6, 6.07) is 4.15. The standard InChI is InChI=1S/C21H19FN4O7S/c1-4-32-21(29)17-11(2)18(12(3)27)34-20(17)23-19(28)14-7-8-25(24-14)10-33-16-9-13(22)5-6-15(16)26(30)31/h5-9H,4,10H2,1-3H3,(H,23,28). The second-order valence-corrected chi connectivity index (χ2v) is 7.89. The number of hydrogen-bond acceptors (Lipinski definition) is 9. The molecular formula is C21H19FN4O7S. The summed E-state index contributed by atoms with van der Waals surface area (Å²) in [4.78, 5) is 47.7. The van der Waals surface area contributed by atoms with Crippen LogP contribution >= 0.6 is 11.3 Å². The Morgan fingerprint density at radius 3 is 2.68 bits per heavy atom. The molecule has 2 aromatic heterocycles. The minimum atomic E-state index is -0.713. The van der Waals surface area contributed by atoms with Crippen LogP contribution in [0.3, 0.4) is 0 Å². The summed E-state index contributed by atoms with van der Waals surface area (Å²) in [7, 11) is 0. The number of nitro benzene ring substituents is 1. The topological polar surface area (TPSA) is 143 Å². The van der Waals surface area contributed by atoms with E-state index in [2.05, 4.69) is 10.4 Å². The molecule has 0 fully saturated rings. The van der Waals surface area contributed by atoms with Crippen molar-refractivity contribution in [1.29, 1.82) is 0 Å². The average Bonchev–Trinajstić information content (AvgIpc) is 3.37. The van der Waals surface area contributed by atoms with Gasteiger partial charge >= 0.3 is 11.7 Å². The van der Waals surface area contributed by atoms with Gasteiger partial charge in [-0.15, -0.1) is 11.3 Å². The predicted octanol–water partition coefficient (Wildman–Crippen LogP) is 3.97. The van der Waals surface area contributed by atoms with E-state index >= 15 is 0 Å². The first-order valence-corrected chi connectivity index (χ1v) is 10.7. The molecule has 3 rings (SSSR count). The van der Waals surface area contributed by atoms with Gasteiger partial charge in [0, 0.05) is 18.3 Å². The molecule has 11 nitrogen and oxygen atoms in total. The molecule has 1 aromatic carbocycles. The van der Waals surface area contributed by atoms with Gasteiger partial charge in [0.15, 0.2) is 18.2 Å². The minimum Gasteiger partial charge on any atom is -0.464 e. The van der Waals surface area contributed by atoms with E-state index in [1.165, 1.54) is 23.9 Å². The van der Waals surface area contributed by atoms with E-state index in [0.29, 0.717) is 10.4 Å². The van der Waals surface area contributed by atoms with Gasteiger partial charge in [-0.1, -0.05) is 0 Å². The lowest BCUT2D eigenvalue weighted by Crippen LogP contribution is -2.16. The zero-order chi connectivity index (χ0) is 25.0. The number of thiophene rings is 1. The zero-order valence-corrected chi connectivity index (χ0v) is 19.1. The molecule has 1 amide bonds. The number of esters is 1. The van der Waals surface area contributed by atoms with E-state index < -0.39 is 28.3 Å². The Morgan fingerprint density at radius 1 is 1.29 bits per heavy atom. The summed E-state index contributed by atoms with van der Waals surface area (Å²) in [5.74, 6) is -2.61. The number of benzene rings is 1. The molecule has 0 atom stereocenters. The molecule has 1 N–H and O–H groups in total. The van der Waals surface area contributed by atoms with Gasteiger partial charge in [0.2, 0.25) is 5.75 Å². The first-order valence-electron chi connectivity index (χ1n) is 9.85. The van der Waals surface area contributed by atoms with Crippen molar-refractivity contribution in [3.63, 3.8) is 0 Å². The second kappa shape index (κ2) is 10.2. The Morgan fingerprint density at radius 2 is 2.03 bits per heavy atom.